The van der Waals surface area contributed by atoms with Crippen LogP contribution in [0, 0.1) is 10.1 Å². The van der Waals surface area contributed by atoms with Crippen LogP contribution >= 0.6 is 12.4 Å². The minimum atomic E-state index is -0.529. The van der Waals surface area contributed by atoms with Crippen molar-refractivity contribution in [3.05, 3.63) is 22.4 Å². The van der Waals surface area contributed by atoms with Crippen LogP contribution in [0.3, 0.4) is 0 Å². The number of nitrogen functional groups attached to an aromatic ring is 1. The van der Waals surface area contributed by atoms with Gasteiger partial charge in [0.15, 0.2) is 11.5 Å². The third-order valence-corrected chi connectivity index (χ3v) is 1.64. The van der Waals surface area contributed by atoms with Gasteiger partial charge in [0.1, 0.15) is 6.20 Å². The molecule has 2 aromatic rings. The van der Waals surface area contributed by atoms with Crippen molar-refractivity contribution in [1.82, 2.24) is 15.2 Å². The zero-order valence-corrected chi connectivity index (χ0v) is 7.61. The molecule has 0 saturated heterocycles. The van der Waals surface area contributed by atoms with E-state index in [1.165, 1.54) is 6.07 Å². The van der Waals surface area contributed by atoms with Crippen LogP contribution in [-0.2, 0) is 0 Å². The molecule has 0 aliphatic rings. The standard InChI is InChI=1S/C6H5N5O2.ClH/c7-5-4-1-3(11(12)13)2-8-6(4)10-9-5;/h1-2H,(H3,7,8,9,10);1H. The summed E-state index contributed by atoms with van der Waals surface area (Å²) in [5.74, 6) is 0.214. The van der Waals surface area contributed by atoms with Gasteiger partial charge in [0.05, 0.1) is 10.3 Å². The molecule has 0 bridgehead atoms. The molecule has 0 unspecified atom stereocenters. The lowest BCUT2D eigenvalue weighted by atomic mass is 10.3. The number of aromatic amines is 1. The number of hydrogen-bond donors (Lipinski definition) is 2. The smallest absolute Gasteiger partial charge is 0.288 e. The van der Waals surface area contributed by atoms with Gasteiger partial charge in [0.2, 0.25) is 0 Å². The maximum Gasteiger partial charge on any atom is 0.288 e. The number of fused-ring (bicyclic) bond motifs is 1. The quantitative estimate of drug-likeness (QED) is 0.542. The Kier molecular flexibility index (Phi) is 2.52. The molecule has 7 nitrogen and oxygen atoms in total. The molecular formula is C6H6ClN5O2. The lowest BCUT2D eigenvalue weighted by molar-refractivity contribution is -0.385. The Balaban J connectivity index is 0.000000980. The van der Waals surface area contributed by atoms with E-state index >= 15 is 0 Å². The van der Waals surface area contributed by atoms with E-state index in [0.29, 0.717) is 11.0 Å². The van der Waals surface area contributed by atoms with Gasteiger partial charge in [-0.05, 0) is 0 Å². The van der Waals surface area contributed by atoms with Gasteiger partial charge in [-0.1, -0.05) is 0 Å². The summed E-state index contributed by atoms with van der Waals surface area (Å²) in [7, 11) is 0. The number of rotatable bonds is 1. The van der Waals surface area contributed by atoms with E-state index in [-0.39, 0.29) is 23.9 Å². The Morgan fingerprint density at radius 2 is 2.29 bits per heavy atom. The van der Waals surface area contributed by atoms with Crippen molar-refractivity contribution >= 4 is 34.9 Å². The summed E-state index contributed by atoms with van der Waals surface area (Å²) in [4.78, 5) is 13.6. The van der Waals surface area contributed by atoms with Gasteiger partial charge in [0, 0.05) is 6.07 Å². The second kappa shape index (κ2) is 3.46. The molecule has 2 rings (SSSR count). The van der Waals surface area contributed by atoms with E-state index in [2.05, 4.69) is 15.2 Å². The van der Waals surface area contributed by atoms with E-state index in [1.807, 2.05) is 0 Å². The first-order chi connectivity index (χ1) is 6.18. The molecule has 0 atom stereocenters. The molecule has 0 aromatic carbocycles. The largest absolute Gasteiger partial charge is 0.382 e. The molecule has 14 heavy (non-hydrogen) atoms. The summed E-state index contributed by atoms with van der Waals surface area (Å²) in [6, 6.07) is 1.33. The highest BCUT2D eigenvalue weighted by Gasteiger charge is 2.10. The second-order valence-corrected chi connectivity index (χ2v) is 2.46. The van der Waals surface area contributed by atoms with Gasteiger partial charge in [-0.25, -0.2) is 4.98 Å². The molecule has 0 saturated carbocycles. The topological polar surface area (TPSA) is 111 Å². The number of nitrogens with zero attached hydrogens (tertiary/aromatic N) is 3. The highest BCUT2D eigenvalue weighted by Crippen LogP contribution is 2.20. The van der Waals surface area contributed by atoms with Crippen molar-refractivity contribution in [1.29, 1.82) is 0 Å². The summed E-state index contributed by atoms with van der Waals surface area (Å²) in [5.41, 5.74) is 5.79. The van der Waals surface area contributed by atoms with E-state index in [4.69, 9.17) is 5.73 Å². The molecule has 0 amide bonds. The number of hydrogen-bond acceptors (Lipinski definition) is 5. The van der Waals surface area contributed by atoms with Crippen LogP contribution in [0.2, 0.25) is 0 Å². The van der Waals surface area contributed by atoms with Gasteiger partial charge in [-0.15, -0.1) is 12.4 Å². The molecule has 0 fully saturated rings. The van der Waals surface area contributed by atoms with Crippen LogP contribution in [0.5, 0.6) is 0 Å². The minimum Gasteiger partial charge on any atom is -0.382 e. The maximum atomic E-state index is 10.4. The maximum absolute atomic E-state index is 10.4. The van der Waals surface area contributed by atoms with Gasteiger partial charge in [0.25, 0.3) is 5.69 Å². The van der Waals surface area contributed by atoms with Crippen molar-refractivity contribution in [3.8, 4) is 0 Å². The Labute approximate surface area is 83.9 Å². The van der Waals surface area contributed by atoms with Crippen LogP contribution in [0.4, 0.5) is 11.5 Å². The average Bonchev–Trinajstić information content (AvgIpc) is 2.47. The molecule has 2 aromatic heterocycles. The molecule has 0 aliphatic heterocycles. The number of pyridine rings is 1. The zero-order valence-electron chi connectivity index (χ0n) is 6.80. The fourth-order valence-electron chi connectivity index (χ4n) is 1.01. The summed E-state index contributed by atoms with van der Waals surface area (Å²) >= 11 is 0. The predicted octanol–water partition coefficient (Wildman–Crippen LogP) is 0.870. The van der Waals surface area contributed by atoms with Crippen LogP contribution in [0.15, 0.2) is 12.3 Å². The Bertz CT molecular complexity index is 482. The third kappa shape index (κ3) is 1.44. The van der Waals surface area contributed by atoms with Crippen molar-refractivity contribution in [3.63, 3.8) is 0 Å². The minimum absolute atomic E-state index is 0. The Morgan fingerprint density at radius 1 is 1.57 bits per heavy atom. The summed E-state index contributed by atoms with van der Waals surface area (Å²) in [6.07, 6.45) is 1.15. The molecule has 74 valence electrons. The molecule has 8 heteroatoms. The monoisotopic (exact) mass is 215 g/mol. The van der Waals surface area contributed by atoms with E-state index < -0.39 is 4.92 Å². The number of halogens is 1. The summed E-state index contributed by atoms with van der Waals surface area (Å²) in [5, 5.41) is 17.0. The fourth-order valence-corrected chi connectivity index (χ4v) is 1.01. The first-order valence-corrected chi connectivity index (χ1v) is 3.42. The fraction of sp³-hybridized carbons (Fsp3) is 0. The Morgan fingerprint density at radius 3 is 2.93 bits per heavy atom. The number of H-pyrrole nitrogens is 1. The van der Waals surface area contributed by atoms with Gasteiger partial charge < -0.3 is 5.73 Å². The second-order valence-electron chi connectivity index (χ2n) is 2.46. The molecule has 2 heterocycles. The van der Waals surface area contributed by atoms with Crippen LogP contribution < -0.4 is 5.73 Å². The third-order valence-electron chi connectivity index (χ3n) is 1.64. The molecule has 0 aliphatic carbocycles. The molecular weight excluding hydrogens is 210 g/mol. The summed E-state index contributed by atoms with van der Waals surface area (Å²) < 4.78 is 0. The van der Waals surface area contributed by atoms with E-state index in [0.717, 1.165) is 6.20 Å². The van der Waals surface area contributed by atoms with Gasteiger partial charge >= 0.3 is 0 Å². The van der Waals surface area contributed by atoms with Crippen LogP contribution in [-0.4, -0.2) is 20.1 Å². The molecule has 0 radical (unpaired) electrons. The predicted molar refractivity (Wildman–Crippen MR) is 52.2 cm³/mol. The average molecular weight is 216 g/mol. The Hall–Kier alpha value is -1.89. The number of nitrogens with one attached hydrogen (secondary N) is 1. The van der Waals surface area contributed by atoms with Crippen molar-refractivity contribution in [2.45, 2.75) is 0 Å². The highest BCUT2D eigenvalue weighted by molar-refractivity contribution is 5.87. The zero-order chi connectivity index (χ0) is 9.42. The van der Waals surface area contributed by atoms with Gasteiger partial charge in [-0.2, -0.15) is 5.10 Å². The van der Waals surface area contributed by atoms with E-state index in [1.54, 1.807) is 0 Å². The number of nitrogens with two attached hydrogens (primary N) is 1. The van der Waals surface area contributed by atoms with Crippen LogP contribution in [0.1, 0.15) is 0 Å². The SMILES string of the molecule is Cl.Nc1n[nH]c2ncc([N+](=O)[O-])cc12. The lowest BCUT2D eigenvalue weighted by Gasteiger charge is -1.90. The normalized spacial score (nSPS) is 9.71. The molecule has 3 N–H and O–H groups in total. The number of anilines is 1. The number of aromatic nitrogens is 3. The number of nitro groups is 1. The van der Waals surface area contributed by atoms with Gasteiger partial charge in [-0.3, -0.25) is 15.2 Å². The van der Waals surface area contributed by atoms with Crippen molar-refractivity contribution in [2.75, 3.05) is 5.73 Å². The van der Waals surface area contributed by atoms with Crippen LogP contribution in [0.25, 0.3) is 11.0 Å². The van der Waals surface area contributed by atoms with E-state index in [9.17, 15) is 10.1 Å². The van der Waals surface area contributed by atoms with Crippen molar-refractivity contribution < 1.29 is 4.92 Å². The summed E-state index contributed by atoms with van der Waals surface area (Å²) in [6.45, 7) is 0. The lowest BCUT2D eigenvalue weighted by Crippen LogP contribution is -1.89. The highest BCUT2D eigenvalue weighted by atomic mass is 35.5. The first kappa shape index (κ1) is 10.2. The molecule has 0 spiro atoms. The first-order valence-electron chi connectivity index (χ1n) is 3.42. The van der Waals surface area contributed by atoms with Crippen molar-refractivity contribution in [2.24, 2.45) is 0 Å².